The van der Waals surface area contributed by atoms with Gasteiger partial charge in [0.1, 0.15) is 0 Å². The smallest absolute Gasteiger partial charge is 0.261 e. The molecule has 3 atom stereocenters. The fraction of sp³-hybridized carbons (Fsp3) is 0.571. The number of hydrogen-bond acceptors (Lipinski definition) is 4. The van der Waals surface area contributed by atoms with Crippen molar-refractivity contribution in [1.82, 2.24) is 10.2 Å². The van der Waals surface area contributed by atoms with Crippen LogP contribution in [0.3, 0.4) is 0 Å². The average molecular weight is 467 g/mol. The minimum absolute atomic E-state index is 0.0320. The van der Waals surface area contributed by atoms with Crippen LogP contribution in [0.15, 0.2) is 60.7 Å². The highest BCUT2D eigenvalue weighted by molar-refractivity contribution is 6.99. The van der Waals surface area contributed by atoms with Crippen LogP contribution in [0, 0.1) is 5.41 Å². The second-order valence-corrected chi connectivity index (χ2v) is 16.0. The van der Waals surface area contributed by atoms with Crippen molar-refractivity contribution in [2.45, 2.75) is 64.8 Å². The Morgan fingerprint density at radius 3 is 1.97 bits per heavy atom. The molecule has 0 bridgehead atoms. The molecule has 2 heterocycles. The Balaban J connectivity index is 1.76. The summed E-state index contributed by atoms with van der Waals surface area (Å²) in [5.41, 5.74) is 0.192. The summed E-state index contributed by atoms with van der Waals surface area (Å²) < 4.78 is 13.7. The normalized spacial score (nSPS) is 25.3. The van der Waals surface area contributed by atoms with Crippen LogP contribution < -0.4 is 15.7 Å². The molecule has 0 saturated carbocycles. The molecule has 33 heavy (non-hydrogen) atoms. The number of nitrogens with zero attached hydrogens (tertiary/aromatic N) is 1. The molecule has 0 amide bonds. The topological polar surface area (TPSA) is 33.7 Å². The quantitative estimate of drug-likeness (QED) is 0.682. The highest BCUT2D eigenvalue weighted by Crippen LogP contribution is 2.39. The summed E-state index contributed by atoms with van der Waals surface area (Å²) in [4.78, 5) is 2.69. The van der Waals surface area contributed by atoms with Gasteiger partial charge in [-0.15, -0.1) is 0 Å². The number of rotatable bonds is 5. The summed E-state index contributed by atoms with van der Waals surface area (Å²) in [6, 6.07) is 22.7. The van der Waals surface area contributed by atoms with Crippen molar-refractivity contribution in [3.63, 3.8) is 0 Å². The molecule has 180 valence electrons. The molecular weight excluding hydrogens is 424 g/mol. The van der Waals surface area contributed by atoms with Crippen molar-refractivity contribution in [3.05, 3.63) is 60.7 Å². The lowest BCUT2D eigenvalue weighted by Crippen LogP contribution is -2.70. The van der Waals surface area contributed by atoms with E-state index in [1.807, 2.05) is 0 Å². The van der Waals surface area contributed by atoms with Crippen molar-refractivity contribution in [3.8, 4) is 0 Å². The minimum atomic E-state index is -2.61. The number of ether oxygens (including phenoxy) is 1. The molecule has 2 aromatic rings. The van der Waals surface area contributed by atoms with Crippen LogP contribution in [0.2, 0.25) is 5.04 Å². The molecule has 2 aliphatic heterocycles. The molecule has 3 unspecified atom stereocenters. The van der Waals surface area contributed by atoms with Crippen LogP contribution in [-0.4, -0.2) is 64.3 Å². The van der Waals surface area contributed by atoms with E-state index < -0.39 is 8.32 Å². The number of piperazine rings is 1. The van der Waals surface area contributed by atoms with Crippen molar-refractivity contribution in [1.29, 1.82) is 0 Å². The van der Waals surface area contributed by atoms with Gasteiger partial charge in [0.05, 0.1) is 25.4 Å². The Bertz CT molecular complexity index is 852. The van der Waals surface area contributed by atoms with Crippen LogP contribution in [0.4, 0.5) is 0 Å². The number of benzene rings is 2. The zero-order valence-electron chi connectivity index (χ0n) is 21.3. The standard InChI is InChI=1S/C28H42N2O2Si/c1-27(2,3)26-19-29-17-18-30(26)24-20-31-21-25(24)32-33(28(4,5)6,22-13-9-7-10-14-22)23-15-11-8-12-16-23/h7-16,24-26,29H,17-21H2,1-6H3. The molecule has 5 heteroatoms. The molecule has 2 aliphatic rings. The largest absolute Gasteiger partial charge is 0.400 e. The van der Waals surface area contributed by atoms with E-state index in [9.17, 15) is 0 Å². The van der Waals surface area contributed by atoms with E-state index >= 15 is 0 Å². The zero-order valence-corrected chi connectivity index (χ0v) is 22.3. The van der Waals surface area contributed by atoms with E-state index in [2.05, 4.69) is 112 Å². The second-order valence-electron chi connectivity index (χ2n) is 11.7. The first-order chi connectivity index (χ1) is 15.6. The zero-order chi connectivity index (χ0) is 23.7. The molecule has 0 aliphatic carbocycles. The Morgan fingerprint density at radius 2 is 1.45 bits per heavy atom. The third kappa shape index (κ3) is 4.84. The monoisotopic (exact) mass is 466 g/mol. The van der Waals surface area contributed by atoms with Crippen LogP contribution in [0.1, 0.15) is 41.5 Å². The van der Waals surface area contributed by atoms with Gasteiger partial charge < -0.3 is 14.5 Å². The summed E-state index contributed by atoms with van der Waals surface area (Å²) in [5.74, 6) is 0. The first-order valence-electron chi connectivity index (χ1n) is 12.5. The van der Waals surface area contributed by atoms with Gasteiger partial charge in [-0.3, -0.25) is 4.90 Å². The fourth-order valence-corrected chi connectivity index (χ4v) is 10.5. The Morgan fingerprint density at radius 1 is 0.879 bits per heavy atom. The maximum Gasteiger partial charge on any atom is 0.261 e. The summed E-state index contributed by atoms with van der Waals surface area (Å²) in [6.45, 7) is 18.6. The predicted octanol–water partition coefficient (Wildman–Crippen LogP) is 3.65. The highest BCUT2D eigenvalue weighted by Gasteiger charge is 2.54. The molecule has 4 rings (SSSR count). The molecule has 0 spiro atoms. The molecule has 2 aromatic carbocycles. The maximum atomic E-state index is 7.51. The molecule has 2 saturated heterocycles. The van der Waals surface area contributed by atoms with E-state index in [4.69, 9.17) is 9.16 Å². The SMILES string of the molecule is CC(C)(C)C1CNCCN1C1COCC1O[Si](c1ccccc1)(c1ccccc1)C(C)(C)C. The maximum absolute atomic E-state index is 7.51. The number of nitrogens with one attached hydrogen (secondary N) is 1. The third-order valence-corrected chi connectivity index (χ3v) is 12.5. The van der Waals surface area contributed by atoms with Gasteiger partial charge >= 0.3 is 0 Å². The van der Waals surface area contributed by atoms with E-state index in [0.717, 1.165) is 26.2 Å². The summed E-state index contributed by atoms with van der Waals surface area (Å²) >= 11 is 0. The number of hydrogen-bond donors (Lipinski definition) is 1. The van der Waals surface area contributed by atoms with Crippen LogP contribution in [0.5, 0.6) is 0 Å². The van der Waals surface area contributed by atoms with Gasteiger partial charge in [-0.05, 0) is 20.8 Å². The molecule has 4 nitrogen and oxygen atoms in total. The lowest BCUT2D eigenvalue weighted by Gasteiger charge is -2.50. The van der Waals surface area contributed by atoms with Gasteiger partial charge in [-0.25, -0.2) is 0 Å². The Labute approximate surface area is 201 Å². The van der Waals surface area contributed by atoms with Crippen molar-refractivity contribution < 1.29 is 9.16 Å². The Hall–Kier alpha value is -1.50. The minimum Gasteiger partial charge on any atom is -0.400 e. The predicted molar refractivity (Wildman–Crippen MR) is 140 cm³/mol. The summed E-state index contributed by atoms with van der Waals surface area (Å²) in [6.07, 6.45) is 0.0549. The molecule has 0 aromatic heterocycles. The third-order valence-electron chi connectivity index (χ3n) is 7.46. The first-order valence-corrected chi connectivity index (χ1v) is 14.4. The molecular formula is C28H42N2O2Si. The summed E-state index contributed by atoms with van der Waals surface area (Å²) in [7, 11) is -2.61. The van der Waals surface area contributed by atoms with E-state index in [-0.39, 0.29) is 22.6 Å². The first kappa shape index (κ1) is 24.6. The van der Waals surface area contributed by atoms with Crippen molar-refractivity contribution in [2.24, 2.45) is 5.41 Å². The highest BCUT2D eigenvalue weighted by atomic mass is 28.4. The second kappa shape index (κ2) is 9.63. The van der Waals surface area contributed by atoms with E-state index in [1.165, 1.54) is 10.4 Å². The average Bonchev–Trinajstić information content (AvgIpc) is 3.25. The van der Waals surface area contributed by atoms with E-state index in [0.29, 0.717) is 12.6 Å². The summed E-state index contributed by atoms with van der Waals surface area (Å²) in [5, 5.41) is 6.26. The fourth-order valence-electron chi connectivity index (χ4n) is 5.78. The van der Waals surface area contributed by atoms with Gasteiger partial charge in [-0.1, -0.05) is 102 Å². The van der Waals surface area contributed by atoms with Gasteiger partial charge in [0.25, 0.3) is 8.32 Å². The molecule has 1 N–H and O–H groups in total. The van der Waals surface area contributed by atoms with Gasteiger partial charge in [0.2, 0.25) is 0 Å². The van der Waals surface area contributed by atoms with Crippen molar-refractivity contribution in [2.75, 3.05) is 32.8 Å². The Kier molecular flexibility index (Phi) is 7.18. The van der Waals surface area contributed by atoms with E-state index in [1.54, 1.807) is 0 Å². The molecule has 2 fully saturated rings. The van der Waals surface area contributed by atoms with Gasteiger partial charge in [0.15, 0.2) is 0 Å². The van der Waals surface area contributed by atoms with Crippen molar-refractivity contribution >= 4 is 18.7 Å². The van der Waals surface area contributed by atoms with Crippen LogP contribution in [0.25, 0.3) is 0 Å². The lowest BCUT2D eigenvalue weighted by molar-refractivity contribution is 0.00400. The van der Waals surface area contributed by atoms with Crippen LogP contribution in [-0.2, 0) is 9.16 Å². The molecule has 0 radical (unpaired) electrons. The van der Waals surface area contributed by atoms with Crippen LogP contribution >= 0.6 is 0 Å². The lowest BCUT2D eigenvalue weighted by atomic mass is 9.83. The van der Waals surface area contributed by atoms with Gasteiger partial charge in [-0.2, -0.15) is 0 Å². The van der Waals surface area contributed by atoms with Gasteiger partial charge in [0, 0.05) is 25.7 Å².